The first-order chi connectivity index (χ1) is 8.18. The second-order valence-electron chi connectivity index (χ2n) is 3.78. The first-order valence-electron chi connectivity index (χ1n) is 5.33. The number of H-pyrrole nitrogens is 1. The molecule has 2 rings (SSSR count). The molecule has 1 amide bonds. The summed E-state index contributed by atoms with van der Waals surface area (Å²) in [6.07, 6.45) is 3.43. The Labute approximate surface area is 102 Å². The van der Waals surface area contributed by atoms with Gasteiger partial charge in [0.05, 0.1) is 11.1 Å². The van der Waals surface area contributed by atoms with Gasteiger partial charge in [-0.3, -0.25) is 9.00 Å². The Kier molecular flexibility index (Phi) is 3.58. The third-order valence-electron chi connectivity index (χ3n) is 2.51. The number of benzene rings is 1. The molecule has 0 aliphatic heterocycles. The molecule has 1 heterocycles. The Hall–Kier alpha value is -1.62. The molecular weight excluding hydrogens is 236 g/mol. The van der Waals surface area contributed by atoms with Gasteiger partial charge in [-0.05, 0) is 12.1 Å². The summed E-state index contributed by atoms with van der Waals surface area (Å²) in [5.74, 6) is 0.343. The van der Waals surface area contributed by atoms with Crippen LogP contribution >= 0.6 is 0 Å². The fraction of sp³-hybridized carbons (Fsp3) is 0.250. The van der Waals surface area contributed by atoms with E-state index in [1.165, 1.54) is 0 Å². The van der Waals surface area contributed by atoms with Crippen molar-refractivity contribution < 1.29 is 9.00 Å². The number of carbonyl (C=O) groups excluding carboxylic acids is 1. The lowest BCUT2D eigenvalue weighted by Gasteiger charge is -2.05. The number of aromatic nitrogens is 1. The van der Waals surface area contributed by atoms with Gasteiger partial charge in [-0.1, -0.05) is 12.1 Å². The van der Waals surface area contributed by atoms with Crippen LogP contribution < -0.4 is 5.32 Å². The normalized spacial score (nSPS) is 12.5. The van der Waals surface area contributed by atoms with Gasteiger partial charge in [0.2, 0.25) is 0 Å². The Morgan fingerprint density at radius 2 is 2.24 bits per heavy atom. The van der Waals surface area contributed by atoms with E-state index >= 15 is 0 Å². The Morgan fingerprint density at radius 3 is 3.00 bits per heavy atom. The minimum Gasteiger partial charge on any atom is -0.361 e. The van der Waals surface area contributed by atoms with Gasteiger partial charge in [0.15, 0.2) is 0 Å². The summed E-state index contributed by atoms with van der Waals surface area (Å²) in [6.45, 7) is 0.430. The van der Waals surface area contributed by atoms with Crippen molar-refractivity contribution in [1.29, 1.82) is 0 Å². The number of amides is 1. The molecule has 2 aromatic rings. The van der Waals surface area contributed by atoms with Crippen molar-refractivity contribution in [1.82, 2.24) is 10.3 Å². The van der Waals surface area contributed by atoms with Crippen molar-refractivity contribution in [3.8, 4) is 0 Å². The zero-order valence-electron chi connectivity index (χ0n) is 9.53. The molecule has 0 fully saturated rings. The lowest BCUT2D eigenvalue weighted by atomic mass is 10.1. The lowest BCUT2D eigenvalue weighted by Crippen LogP contribution is -2.27. The zero-order valence-corrected chi connectivity index (χ0v) is 10.3. The highest BCUT2D eigenvalue weighted by Gasteiger charge is 2.09. The van der Waals surface area contributed by atoms with Crippen LogP contribution in [0.2, 0.25) is 0 Å². The third-order valence-corrected chi connectivity index (χ3v) is 3.29. The molecule has 1 unspecified atom stereocenters. The van der Waals surface area contributed by atoms with Gasteiger partial charge in [0, 0.05) is 40.9 Å². The maximum atomic E-state index is 11.9. The fourth-order valence-corrected chi connectivity index (χ4v) is 2.07. The third kappa shape index (κ3) is 2.74. The summed E-state index contributed by atoms with van der Waals surface area (Å²) in [5.41, 5.74) is 1.46. The minimum absolute atomic E-state index is 0.136. The summed E-state index contributed by atoms with van der Waals surface area (Å²) in [4.78, 5) is 15.0. The maximum Gasteiger partial charge on any atom is 0.253 e. The van der Waals surface area contributed by atoms with Crippen molar-refractivity contribution in [3.05, 3.63) is 36.0 Å². The standard InChI is InChI=1S/C12H14N2O2S/c1-17(16)8-7-14-12(15)10-4-2-3-9-5-6-13-11(9)10/h2-6,13H,7-8H2,1H3,(H,14,15). The molecule has 2 N–H and O–H groups in total. The van der Waals surface area contributed by atoms with Crippen LogP contribution in [-0.2, 0) is 10.8 Å². The fourth-order valence-electron chi connectivity index (χ4n) is 1.68. The van der Waals surface area contributed by atoms with E-state index in [0.717, 1.165) is 10.9 Å². The van der Waals surface area contributed by atoms with Crippen molar-refractivity contribution in [2.45, 2.75) is 0 Å². The Bertz CT molecular complexity index is 562. The van der Waals surface area contributed by atoms with Gasteiger partial charge in [0.25, 0.3) is 5.91 Å². The van der Waals surface area contributed by atoms with E-state index in [0.29, 0.717) is 17.9 Å². The number of nitrogens with one attached hydrogen (secondary N) is 2. The molecule has 0 aliphatic carbocycles. The molecular formula is C12H14N2O2S. The lowest BCUT2D eigenvalue weighted by molar-refractivity contribution is 0.0957. The number of aromatic amines is 1. The van der Waals surface area contributed by atoms with Crippen molar-refractivity contribution in [2.75, 3.05) is 18.6 Å². The molecule has 0 radical (unpaired) electrons. The molecule has 0 aliphatic rings. The van der Waals surface area contributed by atoms with Gasteiger partial charge >= 0.3 is 0 Å². The molecule has 4 nitrogen and oxygen atoms in total. The summed E-state index contributed by atoms with van der Waals surface area (Å²) in [7, 11) is -0.880. The number of para-hydroxylation sites is 1. The van der Waals surface area contributed by atoms with E-state index < -0.39 is 10.8 Å². The van der Waals surface area contributed by atoms with Crippen molar-refractivity contribution in [2.24, 2.45) is 0 Å². The molecule has 5 heteroatoms. The van der Waals surface area contributed by atoms with Crippen LogP contribution in [0.3, 0.4) is 0 Å². The summed E-state index contributed by atoms with van der Waals surface area (Å²) in [6, 6.07) is 7.50. The second kappa shape index (κ2) is 5.14. The van der Waals surface area contributed by atoms with Gasteiger partial charge < -0.3 is 10.3 Å². The molecule has 0 saturated carbocycles. The average molecular weight is 250 g/mol. The molecule has 17 heavy (non-hydrogen) atoms. The zero-order chi connectivity index (χ0) is 12.3. The van der Waals surface area contributed by atoms with E-state index in [1.54, 1.807) is 12.3 Å². The van der Waals surface area contributed by atoms with Gasteiger partial charge in [-0.2, -0.15) is 0 Å². The second-order valence-corrected chi connectivity index (χ2v) is 5.34. The molecule has 90 valence electrons. The SMILES string of the molecule is CS(=O)CCNC(=O)c1cccc2cc[nH]c12. The largest absolute Gasteiger partial charge is 0.361 e. The summed E-state index contributed by atoms with van der Waals surface area (Å²) in [5, 5.41) is 3.77. The van der Waals surface area contributed by atoms with Gasteiger partial charge in [-0.15, -0.1) is 0 Å². The van der Waals surface area contributed by atoms with Gasteiger partial charge in [-0.25, -0.2) is 0 Å². The van der Waals surface area contributed by atoms with E-state index in [2.05, 4.69) is 10.3 Å². The molecule has 0 spiro atoms. The smallest absolute Gasteiger partial charge is 0.253 e. The van der Waals surface area contributed by atoms with Crippen molar-refractivity contribution in [3.63, 3.8) is 0 Å². The quantitative estimate of drug-likeness (QED) is 0.858. The van der Waals surface area contributed by atoms with E-state index in [1.807, 2.05) is 24.4 Å². The molecule has 1 atom stereocenters. The van der Waals surface area contributed by atoms with Crippen LogP contribution in [0.15, 0.2) is 30.5 Å². The van der Waals surface area contributed by atoms with E-state index in [9.17, 15) is 9.00 Å². The molecule has 0 saturated heterocycles. The van der Waals surface area contributed by atoms with E-state index in [-0.39, 0.29) is 5.91 Å². The summed E-state index contributed by atoms with van der Waals surface area (Å²) < 4.78 is 10.9. The number of hydrogen-bond donors (Lipinski definition) is 2. The maximum absolute atomic E-state index is 11.9. The topological polar surface area (TPSA) is 62.0 Å². The number of carbonyl (C=O) groups is 1. The number of rotatable bonds is 4. The first kappa shape index (κ1) is 11.9. The van der Waals surface area contributed by atoms with Crippen molar-refractivity contribution >= 4 is 27.6 Å². The Morgan fingerprint density at radius 1 is 1.41 bits per heavy atom. The predicted molar refractivity (Wildman–Crippen MR) is 69.6 cm³/mol. The summed E-state index contributed by atoms with van der Waals surface area (Å²) >= 11 is 0. The minimum atomic E-state index is -0.880. The highest BCUT2D eigenvalue weighted by atomic mass is 32.2. The average Bonchev–Trinajstić information content (AvgIpc) is 2.75. The van der Waals surface area contributed by atoms with Crippen LogP contribution in [0.1, 0.15) is 10.4 Å². The molecule has 1 aromatic heterocycles. The van der Waals surface area contributed by atoms with Crippen LogP contribution in [0.5, 0.6) is 0 Å². The monoisotopic (exact) mass is 250 g/mol. The van der Waals surface area contributed by atoms with Crippen LogP contribution in [-0.4, -0.2) is 33.7 Å². The number of fused-ring (bicyclic) bond motifs is 1. The van der Waals surface area contributed by atoms with Gasteiger partial charge in [0.1, 0.15) is 0 Å². The predicted octanol–water partition coefficient (Wildman–Crippen LogP) is 1.28. The van der Waals surface area contributed by atoms with Crippen LogP contribution in [0.4, 0.5) is 0 Å². The molecule has 1 aromatic carbocycles. The van der Waals surface area contributed by atoms with Crippen LogP contribution in [0.25, 0.3) is 10.9 Å². The number of hydrogen-bond acceptors (Lipinski definition) is 2. The highest BCUT2D eigenvalue weighted by Crippen LogP contribution is 2.16. The Balaban J connectivity index is 2.13. The van der Waals surface area contributed by atoms with Crippen LogP contribution in [0, 0.1) is 0 Å². The highest BCUT2D eigenvalue weighted by molar-refractivity contribution is 7.84. The van der Waals surface area contributed by atoms with E-state index in [4.69, 9.17) is 0 Å². The first-order valence-corrected chi connectivity index (χ1v) is 7.05. The molecule has 0 bridgehead atoms.